The van der Waals surface area contributed by atoms with Gasteiger partial charge >= 0.3 is 5.97 Å². The summed E-state index contributed by atoms with van der Waals surface area (Å²) in [4.78, 5) is 16.4. The topological polar surface area (TPSA) is 97.3 Å². The summed E-state index contributed by atoms with van der Waals surface area (Å²) in [6, 6.07) is 13.2. The number of carboxylic acids is 1. The van der Waals surface area contributed by atoms with Gasteiger partial charge in [-0.3, -0.25) is 14.9 Å². The first-order valence-electron chi connectivity index (χ1n) is 9.16. The van der Waals surface area contributed by atoms with Crippen molar-refractivity contribution in [2.45, 2.75) is 24.9 Å². The number of aliphatic carboxylic acids is 1. The Labute approximate surface area is 162 Å². The number of ether oxygens (including phenoxy) is 2. The van der Waals surface area contributed by atoms with Gasteiger partial charge in [0.15, 0.2) is 0 Å². The van der Waals surface area contributed by atoms with Crippen LogP contribution in [0.2, 0.25) is 0 Å². The average molecular weight is 379 g/mol. The lowest BCUT2D eigenvalue weighted by molar-refractivity contribution is -0.147. The number of carboxylic acid groups (broad SMARTS) is 1. The number of H-pyrrole nitrogens is 1. The fraction of sp³-hybridized carbons (Fsp3) is 0.286. The summed E-state index contributed by atoms with van der Waals surface area (Å²) in [6.07, 6.45) is 4.30. The van der Waals surface area contributed by atoms with Crippen molar-refractivity contribution in [3.8, 4) is 17.1 Å². The molecule has 1 aromatic carbocycles. The number of aromatic nitrogens is 3. The summed E-state index contributed by atoms with van der Waals surface area (Å²) in [7, 11) is 0. The average Bonchev–Trinajstić information content (AvgIpc) is 3.28. The van der Waals surface area contributed by atoms with E-state index in [4.69, 9.17) is 9.47 Å². The number of carbonyl (C=O) groups is 1. The highest BCUT2D eigenvalue weighted by molar-refractivity contribution is 5.81. The van der Waals surface area contributed by atoms with Gasteiger partial charge in [0.25, 0.3) is 0 Å². The maximum absolute atomic E-state index is 12.0. The molecule has 0 saturated carbocycles. The van der Waals surface area contributed by atoms with Crippen LogP contribution in [0.25, 0.3) is 11.4 Å². The predicted octanol–water partition coefficient (Wildman–Crippen LogP) is 3.18. The van der Waals surface area contributed by atoms with E-state index in [1.165, 1.54) is 0 Å². The highest BCUT2D eigenvalue weighted by atomic mass is 16.5. The second-order valence-corrected chi connectivity index (χ2v) is 6.84. The highest BCUT2D eigenvalue weighted by Gasteiger charge is 2.41. The molecule has 2 aromatic heterocycles. The molecule has 0 amide bonds. The highest BCUT2D eigenvalue weighted by Crippen LogP contribution is 2.35. The van der Waals surface area contributed by atoms with E-state index >= 15 is 0 Å². The van der Waals surface area contributed by atoms with Crippen LogP contribution < -0.4 is 4.74 Å². The standard InChI is InChI=1S/C21H21N3O4/c25-20(26)21(7-10-27-11-8-21)16-3-1-2-15(12-16)14-28-17-4-5-18(22-13-17)19-6-9-23-24-19/h1-6,9,12-13H,7-8,10-11,14H2,(H,23,24)(H,25,26). The minimum absolute atomic E-state index is 0.338. The van der Waals surface area contributed by atoms with E-state index in [1.807, 2.05) is 42.5 Å². The second kappa shape index (κ2) is 7.82. The van der Waals surface area contributed by atoms with Crippen LogP contribution in [-0.2, 0) is 21.6 Å². The van der Waals surface area contributed by atoms with Gasteiger partial charge in [-0.2, -0.15) is 5.10 Å². The van der Waals surface area contributed by atoms with Gasteiger partial charge in [0.2, 0.25) is 0 Å². The monoisotopic (exact) mass is 379 g/mol. The number of pyridine rings is 1. The number of rotatable bonds is 6. The molecule has 3 aromatic rings. The number of nitrogens with one attached hydrogen (secondary N) is 1. The first-order chi connectivity index (χ1) is 13.7. The molecule has 0 atom stereocenters. The Morgan fingerprint density at radius 1 is 1.21 bits per heavy atom. The third-order valence-electron chi connectivity index (χ3n) is 5.15. The lowest BCUT2D eigenvalue weighted by atomic mass is 9.74. The Hall–Kier alpha value is -3.19. The maximum Gasteiger partial charge on any atom is 0.314 e. The van der Waals surface area contributed by atoms with Gasteiger partial charge in [-0.15, -0.1) is 0 Å². The minimum atomic E-state index is -0.887. The van der Waals surface area contributed by atoms with Gasteiger partial charge in [0, 0.05) is 19.4 Å². The molecule has 7 heteroatoms. The Balaban J connectivity index is 1.47. The summed E-state index contributed by atoms with van der Waals surface area (Å²) in [5, 5.41) is 16.6. The number of benzene rings is 1. The lowest BCUT2D eigenvalue weighted by Crippen LogP contribution is -2.41. The van der Waals surface area contributed by atoms with E-state index in [2.05, 4.69) is 15.2 Å². The Morgan fingerprint density at radius 3 is 2.75 bits per heavy atom. The summed E-state index contributed by atoms with van der Waals surface area (Å²) < 4.78 is 11.2. The molecule has 1 aliphatic heterocycles. The zero-order valence-electron chi connectivity index (χ0n) is 15.3. The van der Waals surface area contributed by atoms with Crippen molar-refractivity contribution >= 4 is 5.97 Å². The van der Waals surface area contributed by atoms with Gasteiger partial charge in [-0.25, -0.2) is 0 Å². The van der Waals surface area contributed by atoms with Crippen LogP contribution in [0.5, 0.6) is 5.75 Å². The third-order valence-corrected chi connectivity index (χ3v) is 5.15. The zero-order valence-corrected chi connectivity index (χ0v) is 15.3. The Kier molecular flexibility index (Phi) is 5.08. The second-order valence-electron chi connectivity index (χ2n) is 6.84. The first-order valence-corrected chi connectivity index (χ1v) is 9.16. The van der Waals surface area contributed by atoms with Crippen molar-refractivity contribution in [3.63, 3.8) is 0 Å². The Bertz CT molecular complexity index is 933. The Morgan fingerprint density at radius 2 is 2.07 bits per heavy atom. The quantitative estimate of drug-likeness (QED) is 0.683. The van der Waals surface area contributed by atoms with Crippen molar-refractivity contribution in [2.75, 3.05) is 13.2 Å². The van der Waals surface area contributed by atoms with Gasteiger partial charge in [0.05, 0.1) is 23.0 Å². The number of aromatic amines is 1. The molecule has 0 aliphatic carbocycles. The van der Waals surface area contributed by atoms with E-state index < -0.39 is 11.4 Å². The summed E-state index contributed by atoms with van der Waals surface area (Å²) in [5.41, 5.74) is 2.46. The van der Waals surface area contributed by atoms with Gasteiger partial charge < -0.3 is 14.6 Å². The maximum atomic E-state index is 12.0. The smallest absolute Gasteiger partial charge is 0.314 e. The molecule has 7 nitrogen and oxygen atoms in total. The molecule has 0 bridgehead atoms. The van der Waals surface area contributed by atoms with E-state index in [-0.39, 0.29) is 0 Å². The minimum Gasteiger partial charge on any atom is -0.487 e. The molecule has 1 saturated heterocycles. The number of nitrogens with zero attached hydrogens (tertiary/aromatic N) is 2. The molecule has 4 rings (SSSR count). The molecule has 1 aliphatic rings. The fourth-order valence-electron chi connectivity index (χ4n) is 3.49. The van der Waals surface area contributed by atoms with E-state index in [0.717, 1.165) is 22.5 Å². The van der Waals surface area contributed by atoms with Crippen LogP contribution in [0.15, 0.2) is 54.9 Å². The van der Waals surface area contributed by atoms with E-state index in [1.54, 1.807) is 12.4 Å². The molecule has 0 unspecified atom stereocenters. The molecule has 144 valence electrons. The van der Waals surface area contributed by atoms with E-state index in [9.17, 15) is 9.90 Å². The third kappa shape index (κ3) is 3.61. The van der Waals surface area contributed by atoms with Crippen molar-refractivity contribution in [3.05, 3.63) is 66.0 Å². The SMILES string of the molecule is O=C(O)C1(c2cccc(COc3ccc(-c4ccn[nH]4)nc3)c2)CCOCC1. The largest absolute Gasteiger partial charge is 0.487 e. The molecule has 0 radical (unpaired) electrons. The van der Waals surface area contributed by atoms with Crippen LogP contribution >= 0.6 is 0 Å². The molecule has 3 heterocycles. The van der Waals surface area contributed by atoms with Crippen LogP contribution in [0.3, 0.4) is 0 Å². The summed E-state index contributed by atoms with van der Waals surface area (Å²) in [6.45, 7) is 1.26. The molecular formula is C21H21N3O4. The van der Waals surface area contributed by atoms with Crippen LogP contribution in [0, 0.1) is 0 Å². The lowest BCUT2D eigenvalue weighted by Gasteiger charge is -2.33. The zero-order chi connectivity index (χ0) is 19.4. The van der Waals surface area contributed by atoms with Crippen molar-refractivity contribution in [2.24, 2.45) is 0 Å². The van der Waals surface area contributed by atoms with Crippen molar-refractivity contribution < 1.29 is 19.4 Å². The van der Waals surface area contributed by atoms with Gasteiger partial charge in [-0.1, -0.05) is 24.3 Å². The van der Waals surface area contributed by atoms with Gasteiger partial charge in [-0.05, 0) is 42.2 Å². The molecule has 0 spiro atoms. The number of hydrogen-bond donors (Lipinski definition) is 2. The molecule has 1 fully saturated rings. The normalized spacial score (nSPS) is 15.9. The fourth-order valence-corrected chi connectivity index (χ4v) is 3.49. The van der Waals surface area contributed by atoms with Crippen molar-refractivity contribution in [1.82, 2.24) is 15.2 Å². The number of hydrogen-bond acceptors (Lipinski definition) is 5. The molecule has 2 N–H and O–H groups in total. The van der Waals surface area contributed by atoms with Gasteiger partial charge in [0.1, 0.15) is 12.4 Å². The molecule has 28 heavy (non-hydrogen) atoms. The van der Waals surface area contributed by atoms with Crippen LogP contribution in [0.4, 0.5) is 0 Å². The van der Waals surface area contributed by atoms with Crippen LogP contribution in [0.1, 0.15) is 24.0 Å². The van der Waals surface area contributed by atoms with E-state index in [0.29, 0.717) is 38.4 Å². The summed E-state index contributed by atoms with van der Waals surface area (Å²) >= 11 is 0. The summed E-state index contributed by atoms with van der Waals surface area (Å²) in [5.74, 6) is -0.153. The first kappa shape index (κ1) is 18.2. The van der Waals surface area contributed by atoms with Crippen molar-refractivity contribution in [1.29, 1.82) is 0 Å². The molecular weight excluding hydrogens is 358 g/mol. The van der Waals surface area contributed by atoms with Crippen LogP contribution in [-0.4, -0.2) is 39.5 Å². The predicted molar refractivity (Wildman–Crippen MR) is 102 cm³/mol.